The Hall–Kier alpha value is -2.97. The van der Waals surface area contributed by atoms with Gasteiger partial charge in [0, 0.05) is 61.5 Å². The van der Waals surface area contributed by atoms with Crippen LogP contribution in [0.3, 0.4) is 0 Å². The van der Waals surface area contributed by atoms with Crippen molar-refractivity contribution in [1.29, 1.82) is 0 Å². The number of ether oxygens (including phenoxy) is 1. The van der Waals surface area contributed by atoms with Crippen LogP contribution < -0.4 is 15.0 Å². The smallest absolute Gasteiger partial charge is 0.272 e. The molecular weight excluding hydrogens is 446 g/mol. The van der Waals surface area contributed by atoms with Crippen LogP contribution >= 0.6 is 11.8 Å². The standard InChI is InChI=1S/C26H31N5O2S/c1-29-25-19-8-3-6-11-23(19)34-18-20(25)24(28-29)26(32)27-12-7-13-30-14-16-31(17-15-30)21-9-4-5-10-22(21)33-2/h3-6,8-11H,7,12-18H2,1-2H3,(H,27,32). The molecule has 1 N–H and O–H groups in total. The van der Waals surface area contributed by atoms with Crippen LogP contribution in [-0.4, -0.2) is 67.0 Å². The fourth-order valence-electron chi connectivity index (χ4n) is 4.85. The molecule has 7 nitrogen and oxygen atoms in total. The lowest BCUT2D eigenvalue weighted by Crippen LogP contribution is -2.47. The average Bonchev–Trinajstić information content (AvgIpc) is 3.24. The summed E-state index contributed by atoms with van der Waals surface area (Å²) in [5.74, 6) is 1.63. The first kappa shape index (κ1) is 22.8. The number of para-hydroxylation sites is 2. The van der Waals surface area contributed by atoms with E-state index in [1.807, 2.05) is 29.9 Å². The number of hydrogen-bond donors (Lipinski definition) is 1. The number of anilines is 1. The van der Waals surface area contributed by atoms with Crippen LogP contribution in [0.15, 0.2) is 53.4 Å². The second-order valence-electron chi connectivity index (χ2n) is 8.69. The number of aromatic nitrogens is 2. The van der Waals surface area contributed by atoms with E-state index in [1.54, 1.807) is 18.9 Å². The van der Waals surface area contributed by atoms with Gasteiger partial charge in [0.15, 0.2) is 5.69 Å². The number of fused-ring (bicyclic) bond motifs is 3. The topological polar surface area (TPSA) is 62.6 Å². The summed E-state index contributed by atoms with van der Waals surface area (Å²) in [6, 6.07) is 16.5. The van der Waals surface area contributed by atoms with E-state index < -0.39 is 0 Å². The second kappa shape index (κ2) is 10.1. The van der Waals surface area contributed by atoms with E-state index in [0.717, 1.165) is 73.2 Å². The number of rotatable bonds is 7. The molecule has 2 aromatic carbocycles. The zero-order valence-corrected chi connectivity index (χ0v) is 20.6. The number of methoxy groups -OCH3 is 1. The summed E-state index contributed by atoms with van der Waals surface area (Å²) in [7, 11) is 3.65. The zero-order valence-electron chi connectivity index (χ0n) is 19.8. The molecular formula is C26H31N5O2S. The van der Waals surface area contributed by atoms with Crippen LogP contribution in [0.1, 0.15) is 22.5 Å². The van der Waals surface area contributed by atoms with Gasteiger partial charge in [0.05, 0.1) is 18.5 Å². The van der Waals surface area contributed by atoms with Crippen LogP contribution in [0.25, 0.3) is 11.3 Å². The molecule has 1 aromatic heterocycles. The van der Waals surface area contributed by atoms with Gasteiger partial charge in [0.1, 0.15) is 5.75 Å². The van der Waals surface area contributed by atoms with Crippen molar-refractivity contribution in [1.82, 2.24) is 20.0 Å². The minimum Gasteiger partial charge on any atom is -0.495 e. The number of hydrogen-bond acceptors (Lipinski definition) is 6. The number of nitrogens with one attached hydrogen (secondary N) is 1. The Kier molecular flexibility index (Phi) is 6.78. The Balaban J connectivity index is 1.11. The van der Waals surface area contributed by atoms with E-state index in [-0.39, 0.29) is 5.91 Å². The van der Waals surface area contributed by atoms with Gasteiger partial charge < -0.3 is 15.0 Å². The first-order valence-electron chi connectivity index (χ1n) is 11.8. The highest BCUT2D eigenvalue weighted by Gasteiger charge is 2.27. The monoisotopic (exact) mass is 477 g/mol. The van der Waals surface area contributed by atoms with E-state index in [0.29, 0.717) is 12.2 Å². The van der Waals surface area contributed by atoms with Gasteiger partial charge in [0.2, 0.25) is 0 Å². The summed E-state index contributed by atoms with van der Waals surface area (Å²) in [6.07, 6.45) is 0.924. The molecule has 5 rings (SSSR count). The van der Waals surface area contributed by atoms with E-state index in [9.17, 15) is 4.79 Å². The molecule has 1 amide bonds. The molecule has 0 radical (unpaired) electrons. The van der Waals surface area contributed by atoms with Crippen molar-refractivity contribution < 1.29 is 9.53 Å². The Morgan fingerprint density at radius 2 is 1.85 bits per heavy atom. The molecule has 1 fully saturated rings. The van der Waals surface area contributed by atoms with Crippen molar-refractivity contribution in [3.05, 3.63) is 59.8 Å². The number of aryl methyl sites for hydroxylation is 1. The lowest BCUT2D eigenvalue weighted by Gasteiger charge is -2.36. The molecule has 2 aliphatic rings. The maximum absolute atomic E-state index is 12.9. The van der Waals surface area contributed by atoms with Crippen LogP contribution in [0.5, 0.6) is 5.75 Å². The zero-order chi connectivity index (χ0) is 23.5. The van der Waals surface area contributed by atoms with Crippen LogP contribution in [0.4, 0.5) is 5.69 Å². The fraction of sp³-hybridized carbons (Fsp3) is 0.385. The first-order valence-corrected chi connectivity index (χ1v) is 12.8. The molecule has 0 aliphatic carbocycles. The lowest BCUT2D eigenvalue weighted by atomic mass is 10.1. The van der Waals surface area contributed by atoms with Gasteiger partial charge in [-0.25, -0.2) is 0 Å². The highest BCUT2D eigenvalue weighted by molar-refractivity contribution is 7.98. The molecule has 3 aromatic rings. The molecule has 3 heterocycles. The average molecular weight is 478 g/mol. The Labute approximate surface area is 205 Å². The van der Waals surface area contributed by atoms with Gasteiger partial charge in [-0.05, 0) is 31.2 Å². The van der Waals surface area contributed by atoms with Crippen molar-refractivity contribution in [3.63, 3.8) is 0 Å². The van der Waals surface area contributed by atoms with Crippen molar-refractivity contribution in [3.8, 4) is 17.0 Å². The molecule has 34 heavy (non-hydrogen) atoms. The van der Waals surface area contributed by atoms with Crippen molar-refractivity contribution in [2.75, 3.05) is 51.3 Å². The third-order valence-corrected chi connectivity index (χ3v) is 7.71. The molecule has 178 valence electrons. The highest BCUT2D eigenvalue weighted by Crippen LogP contribution is 2.42. The van der Waals surface area contributed by atoms with Gasteiger partial charge in [-0.15, -0.1) is 11.8 Å². The minimum atomic E-state index is -0.0715. The number of carbonyl (C=O) groups is 1. The number of piperazine rings is 1. The van der Waals surface area contributed by atoms with E-state index in [1.165, 1.54) is 4.90 Å². The van der Waals surface area contributed by atoms with E-state index in [2.05, 4.69) is 50.5 Å². The maximum Gasteiger partial charge on any atom is 0.272 e. The molecule has 0 unspecified atom stereocenters. The van der Waals surface area contributed by atoms with Crippen LogP contribution in [0.2, 0.25) is 0 Å². The molecule has 0 atom stereocenters. The predicted octanol–water partition coefficient (Wildman–Crippen LogP) is 3.64. The SMILES string of the molecule is COc1ccccc1N1CCN(CCCNC(=O)c2nn(C)c3c2CSc2ccccc2-3)CC1. The molecule has 8 heteroatoms. The largest absolute Gasteiger partial charge is 0.495 e. The Morgan fingerprint density at radius 1 is 1.09 bits per heavy atom. The van der Waals surface area contributed by atoms with E-state index >= 15 is 0 Å². The molecule has 2 aliphatic heterocycles. The summed E-state index contributed by atoms with van der Waals surface area (Å²) in [5, 5.41) is 7.67. The van der Waals surface area contributed by atoms with Crippen molar-refractivity contribution in [2.45, 2.75) is 17.1 Å². The highest BCUT2D eigenvalue weighted by atomic mass is 32.2. The molecule has 0 saturated carbocycles. The normalized spacial score (nSPS) is 15.5. The third kappa shape index (κ3) is 4.52. The number of benzene rings is 2. The minimum absolute atomic E-state index is 0.0715. The van der Waals surface area contributed by atoms with Gasteiger partial charge in [-0.3, -0.25) is 14.4 Å². The van der Waals surface area contributed by atoms with Crippen molar-refractivity contribution in [2.24, 2.45) is 7.05 Å². The number of carbonyl (C=O) groups excluding carboxylic acids is 1. The van der Waals surface area contributed by atoms with Crippen molar-refractivity contribution >= 4 is 23.4 Å². The van der Waals surface area contributed by atoms with E-state index in [4.69, 9.17) is 4.74 Å². The summed E-state index contributed by atoms with van der Waals surface area (Å²) in [6.45, 7) is 5.61. The number of nitrogens with zero attached hydrogens (tertiary/aromatic N) is 4. The second-order valence-corrected chi connectivity index (χ2v) is 9.71. The van der Waals surface area contributed by atoms with Gasteiger partial charge >= 0.3 is 0 Å². The van der Waals surface area contributed by atoms with Gasteiger partial charge in [0.25, 0.3) is 5.91 Å². The number of amides is 1. The predicted molar refractivity (Wildman–Crippen MR) is 137 cm³/mol. The summed E-state index contributed by atoms with van der Waals surface area (Å²) in [4.78, 5) is 19.0. The third-order valence-electron chi connectivity index (χ3n) is 6.61. The van der Waals surface area contributed by atoms with Crippen LogP contribution in [-0.2, 0) is 12.8 Å². The van der Waals surface area contributed by atoms with Crippen LogP contribution in [0, 0.1) is 0 Å². The Morgan fingerprint density at radius 3 is 2.68 bits per heavy atom. The maximum atomic E-state index is 12.9. The first-order chi connectivity index (χ1) is 16.7. The lowest BCUT2D eigenvalue weighted by molar-refractivity contribution is 0.0945. The molecule has 0 spiro atoms. The summed E-state index contributed by atoms with van der Waals surface area (Å²) in [5.41, 5.74) is 4.99. The number of thioether (sulfide) groups is 1. The summed E-state index contributed by atoms with van der Waals surface area (Å²) >= 11 is 1.77. The van der Waals surface area contributed by atoms with Gasteiger partial charge in [-0.2, -0.15) is 5.10 Å². The fourth-order valence-corrected chi connectivity index (χ4v) is 5.92. The van der Waals surface area contributed by atoms with Gasteiger partial charge in [-0.1, -0.05) is 30.3 Å². The summed E-state index contributed by atoms with van der Waals surface area (Å²) < 4.78 is 7.37. The Bertz CT molecular complexity index is 1170. The molecule has 0 bridgehead atoms. The quantitative estimate of drug-likeness (QED) is 0.524. The molecule has 1 saturated heterocycles.